The minimum Gasteiger partial charge on any atom is -0.458 e. The largest absolute Gasteiger partial charge is 0.458 e. The molecule has 3 nitrogen and oxygen atoms in total. The zero-order valence-corrected chi connectivity index (χ0v) is 17.9. The molecule has 29 heavy (non-hydrogen) atoms. The molecular weight excluding hydrogens is 360 g/mol. The highest BCUT2D eigenvalue weighted by molar-refractivity contribution is 5.89. The lowest BCUT2D eigenvalue weighted by Crippen LogP contribution is -2.54. The first-order chi connectivity index (χ1) is 13.9. The first-order valence-electron chi connectivity index (χ1n) is 11.7. The van der Waals surface area contributed by atoms with Crippen LogP contribution >= 0.6 is 0 Å². The Kier molecular flexibility index (Phi) is 4.64. The van der Waals surface area contributed by atoms with Gasteiger partial charge in [-0.25, -0.2) is 4.79 Å². The molecule has 0 N–H and O–H groups in total. The second kappa shape index (κ2) is 6.96. The van der Waals surface area contributed by atoms with Gasteiger partial charge in [0.2, 0.25) is 0 Å². The Morgan fingerprint density at radius 1 is 0.931 bits per heavy atom. The molecule has 0 amide bonds. The summed E-state index contributed by atoms with van der Waals surface area (Å²) in [5.74, 6) is 3.06. The molecule has 5 rings (SSSR count). The monoisotopic (exact) mass is 394 g/mol. The highest BCUT2D eigenvalue weighted by Crippen LogP contribution is 2.66. The summed E-state index contributed by atoms with van der Waals surface area (Å²) in [6, 6.07) is 9.42. The van der Waals surface area contributed by atoms with Crippen molar-refractivity contribution in [1.82, 2.24) is 0 Å². The lowest BCUT2D eigenvalue weighted by molar-refractivity contribution is -0.142. The molecule has 1 aromatic carbocycles. The van der Waals surface area contributed by atoms with E-state index in [1.54, 1.807) is 0 Å². The molecule has 0 spiro atoms. The number of hydrogen-bond acceptors (Lipinski definition) is 3. The number of benzene rings is 1. The van der Waals surface area contributed by atoms with Crippen molar-refractivity contribution in [2.24, 2.45) is 34.5 Å². The normalized spacial score (nSPS) is 43.8. The van der Waals surface area contributed by atoms with E-state index >= 15 is 0 Å². The molecule has 0 radical (unpaired) electrons. The molecule has 0 bridgehead atoms. The zero-order chi connectivity index (χ0) is 20.2. The standard InChI is InChI=1S/C26H34O3/c1-25-14-12-19(27)16-18(25)8-9-20-21-10-11-23(26(21,2)15-13-22(20)25)29-24(28)17-6-4-3-5-7-17/h3-7,18,20-23H,8-16H2,1-2H3/t18-,20?,21?,22?,23-,25-,26-/m0/s1. The van der Waals surface area contributed by atoms with Crippen LogP contribution in [0.25, 0.3) is 0 Å². The quantitative estimate of drug-likeness (QED) is 0.593. The lowest BCUT2D eigenvalue weighted by Gasteiger charge is -2.60. The van der Waals surface area contributed by atoms with Gasteiger partial charge in [0.25, 0.3) is 0 Å². The smallest absolute Gasteiger partial charge is 0.338 e. The molecule has 4 saturated carbocycles. The molecule has 0 aliphatic heterocycles. The Morgan fingerprint density at radius 3 is 2.48 bits per heavy atom. The molecule has 7 atom stereocenters. The molecule has 4 aliphatic rings. The summed E-state index contributed by atoms with van der Waals surface area (Å²) in [4.78, 5) is 24.8. The third kappa shape index (κ3) is 2.99. The van der Waals surface area contributed by atoms with Crippen molar-refractivity contribution in [3.63, 3.8) is 0 Å². The van der Waals surface area contributed by atoms with Gasteiger partial charge in [-0.1, -0.05) is 32.0 Å². The van der Waals surface area contributed by atoms with Crippen LogP contribution in [-0.4, -0.2) is 17.9 Å². The molecule has 1 aromatic rings. The first kappa shape index (κ1) is 19.3. The number of Topliss-reactive ketones (excluding diaryl/α,β-unsaturated/α-hetero) is 1. The lowest BCUT2D eigenvalue weighted by atomic mass is 9.45. The van der Waals surface area contributed by atoms with E-state index in [1.165, 1.54) is 25.7 Å². The summed E-state index contributed by atoms with van der Waals surface area (Å²) in [7, 11) is 0. The summed E-state index contributed by atoms with van der Waals surface area (Å²) in [5, 5.41) is 0. The summed E-state index contributed by atoms with van der Waals surface area (Å²) >= 11 is 0. The SMILES string of the molecule is C[C@]12CCC3C(CC[C@H]4CC(=O)CC[C@]34C)C1CC[C@@H]2OC(=O)c1ccccc1. The first-order valence-corrected chi connectivity index (χ1v) is 11.7. The Balaban J connectivity index is 1.34. The Morgan fingerprint density at radius 2 is 1.69 bits per heavy atom. The average Bonchev–Trinajstić information content (AvgIpc) is 3.05. The molecule has 156 valence electrons. The predicted octanol–water partition coefficient (Wildman–Crippen LogP) is 5.82. The molecule has 3 unspecified atom stereocenters. The van der Waals surface area contributed by atoms with Crippen molar-refractivity contribution in [1.29, 1.82) is 0 Å². The van der Waals surface area contributed by atoms with Crippen LogP contribution < -0.4 is 0 Å². The van der Waals surface area contributed by atoms with Crippen LogP contribution in [0.15, 0.2) is 30.3 Å². The fraction of sp³-hybridized carbons (Fsp3) is 0.692. The number of hydrogen-bond donors (Lipinski definition) is 0. The molecule has 4 fully saturated rings. The van der Waals surface area contributed by atoms with Crippen LogP contribution in [0.2, 0.25) is 0 Å². The maximum atomic E-state index is 12.7. The Labute approximate surface area is 174 Å². The van der Waals surface area contributed by atoms with Crippen molar-refractivity contribution >= 4 is 11.8 Å². The number of ether oxygens (including phenoxy) is 1. The van der Waals surface area contributed by atoms with Gasteiger partial charge < -0.3 is 4.74 Å². The van der Waals surface area contributed by atoms with Crippen LogP contribution in [0.5, 0.6) is 0 Å². The van der Waals surface area contributed by atoms with E-state index in [4.69, 9.17) is 4.74 Å². The summed E-state index contributed by atoms with van der Waals surface area (Å²) in [6.07, 6.45) is 9.79. The van der Waals surface area contributed by atoms with Crippen molar-refractivity contribution in [2.75, 3.05) is 0 Å². The number of carbonyl (C=O) groups excluding carboxylic acids is 2. The summed E-state index contributed by atoms with van der Waals surface area (Å²) in [5.41, 5.74) is 1.11. The zero-order valence-electron chi connectivity index (χ0n) is 17.9. The molecule has 0 saturated heterocycles. The highest BCUT2D eigenvalue weighted by Gasteiger charge is 2.61. The molecule has 4 aliphatic carbocycles. The molecular formula is C26H34O3. The average molecular weight is 395 g/mol. The number of esters is 1. The van der Waals surface area contributed by atoms with Gasteiger partial charge in [-0.3, -0.25) is 4.79 Å². The van der Waals surface area contributed by atoms with Gasteiger partial charge in [0.05, 0.1) is 5.56 Å². The topological polar surface area (TPSA) is 43.4 Å². The Hall–Kier alpha value is -1.64. The number of carbonyl (C=O) groups is 2. The van der Waals surface area contributed by atoms with E-state index in [0.717, 1.165) is 43.9 Å². The fourth-order valence-electron chi connectivity index (χ4n) is 7.96. The molecule has 0 heterocycles. The van der Waals surface area contributed by atoms with Gasteiger partial charge in [0, 0.05) is 18.3 Å². The van der Waals surface area contributed by atoms with Crippen LogP contribution in [0.1, 0.15) is 82.0 Å². The van der Waals surface area contributed by atoms with Gasteiger partial charge in [-0.15, -0.1) is 0 Å². The number of rotatable bonds is 2. The second-order valence-corrected chi connectivity index (χ2v) is 10.8. The maximum Gasteiger partial charge on any atom is 0.338 e. The Bertz CT molecular complexity index is 801. The van der Waals surface area contributed by atoms with Crippen LogP contribution in [0.4, 0.5) is 0 Å². The van der Waals surface area contributed by atoms with Crippen LogP contribution in [0, 0.1) is 34.5 Å². The highest BCUT2D eigenvalue weighted by atomic mass is 16.5. The number of ketones is 1. The van der Waals surface area contributed by atoms with Gasteiger partial charge >= 0.3 is 5.97 Å². The van der Waals surface area contributed by atoms with Crippen molar-refractivity contribution < 1.29 is 14.3 Å². The number of fused-ring (bicyclic) bond motifs is 5. The maximum absolute atomic E-state index is 12.7. The molecule has 0 aromatic heterocycles. The van der Waals surface area contributed by atoms with Crippen LogP contribution in [0.3, 0.4) is 0 Å². The van der Waals surface area contributed by atoms with Crippen molar-refractivity contribution in [3.05, 3.63) is 35.9 Å². The minimum atomic E-state index is -0.166. The van der Waals surface area contributed by atoms with Gasteiger partial charge in [-0.05, 0) is 86.2 Å². The van der Waals surface area contributed by atoms with E-state index in [0.29, 0.717) is 28.6 Å². The van der Waals surface area contributed by atoms with E-state index in [9.17, 15) is 9.59 Å². The summed E-state index contributed by atoms with van der Waals surface area (Å²) < 4.78 is 6.11. The minimum absolute atomic E-state index is 0.0413. The van der Waals surface area contributed by atoms with Gasteiger partial charge in [0.15, 0.2) is 0 Å². The van der Waals surface area contributed by atoms with Crippen LogP contribution in [-0.2, 0) is 9.53 Å². The van der Waals surface area contributed by atoms with Gasteiger partial charge in [-0.2, -0.15) is 0 Å². The fourth-order valence-corrected chi connectivity index (χ4v) is 7.96. The second-order valence-electron chi connectivity index (χ2n) is 10.8. The van der Waals surface area contributed by atoms with Crippen molar-refractivity contribution in [2.45, 2.75) is 77.7 Å². The predicted molar refractivity (Wildman–Crippen MR) is 112 cm³/mol. The van der Waals surface area contributed by atoms with E-state index in [-0.39, 0.29) is 17.5 Å². The summed E-state index contributed by atoms with van der Waals surface area (Å²) in [6.45, 7) is 4.88. The van der Waals surface area contributed by atoms with E-state index in [2.05, 4.69) is 13.8 Å². The molecule has 3 heteroatoms. The van der Waals surface area contributed by atoms with Gasteiger partial charge in [0.1, 0.15) is 11.9 Å². The van der Waals surface area contributed by atoms with Crippen molar-refractivity contribution in [3.8, 4) is 0 Å². The van der Waals surface area contributed by atoms with E-state index < -0.39 is 0 Å². The van der Waals surface area contributed by atoms with E-state index in [1.807, 2.05) is 30.3 Å². The third-order valence-electron chi connectivity index (χ3n) is 9.65. The third-order valence-corrected chi connectivity index (χ3v) is 9.65.